The zero-order valence-electron chi connectivity index (χ0n) is 34.8. The topological polar surface area (TPSA) is 67.8 Å². The van der Waals surface area contributed by atoms with Gasteiger partial charge in [-0.3, -0.25) is 4.79 Å². The van der Waals surface area contributed by atoms with Crippen molar-refractivity contribution in [2.45, 2.75) is 154 Å². The first-order chi connectivity index (χ1) is 25.9. The molecule has 0 aromatic heterocycles. The molecule has 0 saturated heterocycles. The summed E-state index contributed by atoms with van der Waals surface area (Å²) >= 11 is 0. The summed E-state index contributed by atoms with van der Waals surface area (Å²) in [5.74, 6) is 52.5. The Morgan fingerprint density at radius 2 is 1.02 bits per heavy atom. The molecule has 0 radical (unpaired) electrons. The molecule has 0 bridgehead atoms. The van der Waals surface area contributed by atoms with Crippen LogP contribution in [0.4, 0.5) is 0 Å². The molecule has 0 saturated carbocycles. The van der Waals surface area contributed by atoms with E-state index in [0.717, 1.165) is 19.3 Å². The van der Waals surface area contributed by atoms with E-state index in [9.17, 15) is 9.90 Å². The Morgan fingerprint density at radius 3 is 1.42 bits per heavy atom. The highest BCUT2D eigenvalue weighted by Gasteiger charge is 2.46. The Morgan fingerprint density at radius 1 is 0.636 bits per heavy atom. The average molecular weight is 813 g/mol. The zero-order chi connectivity index (χ0) is 41.6. The molecule has 0 aliphatic heterocycles. The Kier molecular flexibility index (Phi) is 25.0. The average Bonchev–Trinajstić information content (AvgIpc) is 3.10. The van der Waals surface area contributed by atoms with E-state index < -0.39 is 28.8 Å². The Labute approximate surface area is 369 Å². The number of aliphatic hydroxyl groups is 1. The van der Waals surface area contributed by atoms with E-state index in [1.165, 1.54) is 25.7 Å². The van der Waals surface area contributed by atoms with Crippen LogP contribution in [0.5, 0.6) is 0 Å². The molecular weight excluding hydrogens is 711 g/mol. The number of amides is 1. The fourth-order valence-electron chi connectivity index (χ4n) is 4.13. The van der Waals surface area contributed by atoms with Crippen LogP contribution in [0.25, 0.3) is 0 Å². The molecule has 330 valence electrons. The molecule has 0 rings (SSSR count). The van der Waals surface area contributed by atoms with Crippen molar-refractivity contribution in [3.05, 3.63) is 0 Å². The SMILES string of the molecule is C#CC#CC#CC#CC#CC#CC#CC#CC#CC#CC#CCC(=O)N[C@@H](CO)[C@H](O[Si](C)(C)C(C)(C)C)[C@@H](CCCCCCCC)O[Si](C)(C)C(C)(C)C.[HH].[HH].[HH].[HH].[HH].[HH].[HH].[HH].[HH].[HH].[HH].[HH].[HH].[HH].[HH].[HH].[HH].[HH].[HH].[HH].[HH].[HH]. The lowest BCUT2D eigenvalue weighted by molar-refractivity contribution is -0.122. The quantitative estimate of drug-likeness (QED) is 0.0925. The lowest BCUT2D eigenvalue weighted by atomic mass is 9.99. The van der Waals surface area contributed by atoms with E-state index in [4.69, 9.17) is 15.3 Å². The molecule has 55 heavy (non-hydrogen) atoms. The largest absolute Gasteiger partial charge is 0.411 e. The fourth-order valence-corrected chi connectivity index (χ4v) is 6.84. The number of carbonyl (C=O) groups excluding carboxylic acids is 1. The number of hydrogen-bond donors (Lipinski definition) is 2. The molecular formula is C48H101NO4Si2. The third-order valence-electron chi connectivity index (χ3n) is 9.17. The maximum atomic E-state index is 13.2. The second-order valence-electron chi connectivity index (χ2n) is 15.5. The van der Waals surface area contributed by atoms with Gasteiger partial charge in [0.25, 0.3) is 0 Å². The van der Waals surface area contributed by atoms with Crippen molar-refractivity contribution < 1.29 is 50.1 Å². The number of carbonyl (C=O) groups is 1. The van der Waals surface area contributed by atoms with Gasteiger partial charge < -0.3 is 19.3 Å². The van der Waals surface area contributed by atoms with Gasteiger partial charge in [-0.2, -0.15) is 0 Å². The van der Waals surface area contributed by atoms with Crippen molar-refractivity contribution in [1.29, 1.82) is 0 Å². The summed E-state index contributed by atoms with van der Waals surface area (Å²) in [5.41, 5.74) is 0. The van der Waals surface area contributed by atoms with Crippen molar-refractivity contribution in [3.63, 3.8) is 0 Å². The minimum absolute atomic E-state index is 0. The first-order valence-electron chi connectivity index (χ1n) is 18.6. The van der Waals surface area contributed by atoms with Gasteiger partial charge >= 0.3 is 0 Å². The number of aliphatic hydroxyl groups excluding tert-OH is 1. The maximum Gasteiger partial charge on any atom is 0.232 e. The predicted octanol–water partition coefficient (Wildman–Crippen LogP) is 12.5. The van der Waals surface area contributed by atoms with Crippen LogP contribution in [0.2, 0.25) is 36.3 Å². The predicted molar refractivity (Wildman–Crippen MR) is 279 cm³/mol. The van der Waals surface area contributed by atoms with Crippen LogP contribution in [0.15, 0.2) is 0 Å². The number of nitrogens with one attached hydrogen (secondary N) is 1. The van der Waals surface area contributed by atoms with Crippen LogP contribution in [-0.4, -0.2) is 52.5 Å². The second kappa shape index (κ2) is 27.5. The highest BCUT2D eigenvalue weighted by Crippen LogP contribution is 2.41. The van der Waals surface area contributed by atoms with Crippen molar-refractivity contribution >= 4 is 22.5 Å². The van der Waals surface area contributed by atoms with Crippen molar-refractivity contribution in [1.82, 2.24) is 5.32 Å². The summed E-state index contributed by atoms with van der Waals surface area (Å²) in [4.78, 5) is 13.2. The summed E-state index contributed by atoms with van der Waals surface area (Å²) < 4.78 is 14.2. The molecule has 3 atom stereocenters. The highest BCUT2D eigenvalue weighted by molar-refractivity contribution is 6.74. The molecule has 1 amide bonds. The van der Waals surface area contributed by atoms with Gasteiger partial charge in [0.1, 0.15) is 0 Å². The molecule has 0 aromatic carbocycles. The Hall–Kier alpha value is -5.06. The Balaban J connectivity index is -0.0000000631. The third-order valence-corrected chi connectivity index (χ3v) is 18.2. The smallest absolute Gasteiger partial charge is 0.232 e. The molecule has 0 aliphatic carbocycles. The number of unbranched alkanes of at least 4 members (excludes halogenated alkanes) is 5. The maximum absolute atomic E-state index is 13.2. The van der Waals surface area contributed by atoms with Crippen molar-refractivity contribution in [3.8, 4) is 131 Å². The summed E-state index contributed by atoms with van der Waals surface area (Å²) in [6.07, 6.45) is 11.8. The van der Waals surface area contributed by atoms with E-state index in [-0.39, 0.29) is 66.5 Å². The minimum Gasteiger partial charge on any atom is -0.411 e. The summed E-state index contributed by atoms with van der Waals surface area (Å²) in [5, 5.41) is 13.6. The van der Waals surface area contributed by atoms with Gasteiger partial charge in [-0.25, -0.2) is 0 Å². The van der Waals surface area contributed by atoms with Gasteiger partial charge in [-0.05, 0) is 137 Å². The van der Waals surface area contributed by atoms with E-state index in [0.29, 0.717) is 0 Å². The van der Waals surface area contributed by atoms with Crippen LogP contribution in [0.1, 0.15) is 131 Å². The first kappa shape index (κ1) is 49.9. The van der Waals surface area contributed by atoms with Crippen LogP contribution in [0, 0.1) is 131 Å². The van der Waals surface area contributed by atoms with Crippen molar-refractivity contribution in [2.75, 3.05) is 6.61 Å². The molecule has 7 heteroatoms. The van der Waals surface area contributed by atoms with Crippen LogP contribution in [0.3, 0.4) is 0 Å². The van der Waals surface area contributed by atoms with Gasteiger partial charge in [0.15, 0.2) is 16.6 Å². The van der Waals surface area contributed by atoms with E-state index in [2.05, 4.69) is 204 Å². The third kappa shape index (κ3) is 23.4. The van der Waals surface area contributed by atoms with E-state index in [1.807, 2.05) is 0 Å². The van der Waals surface area contributed by atoms with Crippen LogP contribution >= 0.6 is 0 Å². The molecule has 5 nitrogen and oxygen atoms in total. The normalized spacial score (nSPS) is 11.5. The zero-order valence-corrected chi connectivity index (χ0v) is 36.8. The molecule has 2 N–H and O–H groups in total. The van der Waals surface area contributed by atoms with Crippen LogP contribution < -0.4 is 5.32 Å². The second-order valence-corrected chi connectivity index (χ2v) is 25.1. The first-order valence-corrected chi connectivity index (χ1v) is 24.4. The minimum atomic E-state index is -2.34. The molecule has 0 fully saturated rings. The summed E-state index contributed by atoms with van der Waals surface area (Å²) in [6, 6.07) is -0.665. The molecule has 0 unspecified atom stereocenters. The Bertz CT molecular complexity index is 2040. The van der Waals surface area contributed by atoms with Crippen molar-refractivity contribution in [2.24, 2.45) is 0 Å². The summed E-state index contributed by atoms with van der Waals surface area (Å²) in [6.45, 7) is 24.1. The molecule has 0 aromatic rings. The van der Waals surface area contributed by atoms with Crippen LogP contribution in [-0.2, 0) is 13.6 Å². The van der Waals surface area contributed by atoms with Gasteiger partial charge in [0, 0.05) is 55.1 Å². The van der Waals surface area contributed by atoms with Gasteiger partial charge in [-0.15, -0.1) is 6.42 Å². The van der Waals surface area contributed by atoms with Gasteiger partial charge in [-0.1, -0.05) is 92.9 Å². The number of rotatable bonds is 16. The molecule has 0 heterocycles. The van der Waals surface area contributed by atoms with Gasteiger partial charge in [0.2, 0.25) is 5.91 Å². The highest BCUT2D eigenvalue weighted by atomic mass is 28.4. The fraction of sp³-hybridized carbons (Fsp3) is 0.521. The lowest BCUT2D eigenvalue weighted by Crippen LogP contribution is -2.59. The molecule has 0 spiro atoms. The lowest BCUT2D eigenvalue weighted by Gasteiger charge is -2.47. The number of hydrogen-bond acceptors (Lipinski definition) is 4. The monoisotopic (exact) mass is 812 g/mol. The molecule has 0 aliphatic rings. The van der Waals surface area contributed by atoms with E-state index >= 15 is 0 Å². The number of terminal acetylenes is 1. The van der Waals surface area contributed by atoms with Gasteiger partial charge in [0.05, 0.1) is 31.3 Å². The summed E-state index contributed by atoms with van der Waals surface area (Å²) in [7, 11) is -4.58. The van der Waals surface area contributed by atoms with E-state index in [1.54, 1.807) is 0 Å². The standard InChI is InChI=1S/C48H57NO4Si2.22H2/c1-13-15-17-19-21-22-23-24-25-26-27-28-29-30-31-32-33-34-35-37-39-41-45(51)49-43(42-50)46(53-55(11,12)48(6,7)8)44(40-38-36-20-18-16-14-2)52-54(9,10)47(3,4)5;;;;;;;;;;;;;;;;;;;;;;/h1,43-44,46,50H,14,16,18,20,36,38,40-42H2,2-12H3,(H,49,51);22*1H/t43-,44+,46-;;;;;;;;;;;;;;;;;;;;;;/m0....................../s1.